The number of nitrogens with zero attached hydrogens (tertiary/aromatic N) is 2. The topological polar surface area (TPSA) is 76.2 Å². The minimum absolute atomic E-state index is 0.0319. The lowest BCUT2D eigenvalue weighted by molar-refractivity contribution is -0.274. The third-order valence-corrected chi connectivity index (χ3v) is 7.82. The van der Waals surface area contributed by atoms with Crippen molar-refractivity contribution >= 4 is 15.9 Å². The van der Waals surface area contributed by atoms with E-state index < -0.39 is 39.2 Å². The van der Waals surface area contributed by atoms with Crippen molar-refractivity contribution in [1.82, 2.24) is 9.21 Å². The Morgan fingerprint density at radius 1 is 0.919 bits per heavy atom. The van der Waals surface area contributed by atoms with Gasteiger partial charge >= 0.3 is 6.36 Å². The fourth-order valence-corrected chi connectivity index (χ4v) is 5.32. The van der Waals surface area contributed by atoms with Crippen molar-refractivity contribution in [2.24, 2.45) is 5.41 Å². The quantitative estimate of drug-likeness (QED) is 0.338. The number of rotatable bonds is 9. The zero-order valence-electron chi connectivity index (χ0n) is 20.2. The highest BCUT2D eigenvalue weighted by molar-refractivity contribution is 7.89. The number of carbonyl (C=O) groups excluding carboxylic acids is 1. The van der Waals surface area contributed by atoms with Crippen molar-refractivity contribution in [2.75, 3.05) is 32.8 Å². The van der Waals surface area contributed by atoms with Crippen LogP contribution in [0.25, 0.3) is 0 Å². The monoisotopic (exact) mass is 550 g/mol. The van der Waals surface area contributed by atoms with Gasteiger partial charge < -0.3 is 14.4 Å². The first-order chi connectivity index (χ1) is 17.2. The fourth-order valence-electron chi connectivity index (χ4n) is 3.90. The predicted molar refractivity (Wildman–Crippen MR) is 123 cm³/mol. The van der Waals surface area contributed by atoms with E-state index in [1.54, 1.807) is 18.7 Å². The number of benzene rings is 2. The van der Waals surface area contributed by atoms with Gasteiger partial charge in [0.15, 0.2) is 11.6 Å². The molecule has 3 rings (SSSR count). The smallest absolute Gasteiger partial charge is 0.493 e. The minimum Gasteiger partial charge on any atom is -0.493 e. The number of carbonyl (C=O) groups is 1. The molecule has 0 aliphatic carbocycles. The van der Waals surface area contributed by atoms with E-state index in [0.717, 1.165) is 36.4 Å². The Bertz CT molecular complexity index is 1200. The number of alkyl halides is 3. The van der Waals surface area contributed by atoms with E-state index >= 15 is 0 Å². The molecule has 1 amide bonds. The van der Waals surface area contributed by atoms with Crippen LogP contribution >= 0.6 is 0 Å². The van der Waals surface area contributed by atoms with E-state index in [-0.39, 0.29) is 49.3 Å². The summed E-state index contributed by atoms with van der Waals surface area (Å²) in [4.78, 5) is 14.5. The van der Waals surface area contributed by atoms with Gasteiger partial charge in [-0.1, -0.05) is 13.8 Å². The predicted octanol–water partition coefficient (Wildman–Crippen LogP) is 4.58. The van der Waals surface area contributed by atoms with Gasteiger partial charge in [-0.05, 0) is 49.2 Å². The number of piperazine rings is 1. The summed E-state index contributed by atoms with van der Waals surface area (Å²) >= 11 is 0. The van der Waals surface area contributed by atoms with Crippen LogP contribution in [-0.2, 0) is 14.8 Å². The molecular weight excluding hydrogens is 523 g/mol. The molecule has 1 fully saturated rings. The third kappa shape index (κ3) is 7.54. The summed E-state index contributed by atoms with van der Waals surface area (Å²) in [5.41, 5.74) is -0.771. The van der Waals surface area contributed by atoms with Crippen molar-refractivity contribution < 1.29 is 44.6 Å². The first-order valence-electron chi connectivity index (χ1n) is 11.4. The van der Waals surface area contributed by atoms with Crippen LogP contribution in [0.5, 0.6) is 11.5 Å². The maximum absolute atomic E-state index is 13.3. The van der Waals surface area contributed by atoms with Gasteiger partial charge in [-0.25, -0.2) is 17.2 Å². The molecule has 0 bridgehead atoms. The van der Waals surface area contributed by atoms with Crippen LogP contribution in [0, 0.1) is 17.0 Å². The van der Waals surface area contributed by atoms with Crippen molar-refractivity contribution in [3.8, 4) is 11.5 Å². The van der Waals surface area contributed by atoms with Crippen LogP contribution in [-0.4, -0.2) is 62.7 Å². The van der Waals surface area contributed by atoms with E-state index in [1.165, 1.54) is 10.4 Å². The number of sulfonamides is 1. The molecule has 0 aromatic heterocycles. The maximum Gasteiger partial charge on any atom is 0.573 e. The molecule has 37 heavy (non-hydrogen) atoms. The van der Waals surface area contributed by atoms with Gasteiger partial charge in [0.25, 0.3) is 0 Å². The Labute approximate surface area is 211 Å². The standard InChI is InChI=1S/C24H27F5N2O5S/c1-23(2,10-3-15-35-18-6-9-20(25)21(26)16-18)22(32)30-11-13-31(14-12-30)37(33,34)19-7-4-17(5-8-19)36-24(27,28)29/h4-9,16H,3,10-15H2,1-2H3. The molecule has 2 aromatic rings. The van der Waals surface area contributed by atoms with Gasteiger partial charge in [0.1, 0.15) is 11.5 Å². The molecule has 0 unspecified atom stereocenters. The highest BCUT2D eigenvalue weighted by atomic mass is 32.2. The molecule has 2 aromatic carbocycles. The highest BCUT2D eigenvalue weighted by Gasteiger charge is 2.36. The van der Waals surface area contributed by atoms with Gasteiger partial charge in [0.05, 0.1) is 11.5 Å². The first-order valence-corrected chi connectivity index (χ1v) is 12.9. The van der Waals surface area contributed by atoms with Crippen molar-refractivity contribution in [3.05, 3.63) is 54.1 Å². The summed E-state index contributed by atoms with van der Waals surface area (Å²) in [6.07, 6.45) is -3.97. The van der Waals surface area contributed by atoms with Crippen LogP contribution in [0.1, 0.15) is 26.7 Å². The Kier molecular flexibility index (Phi) is 8.68. The number of hydrogen-bond donors (Lipinski definition) is 0. The van der Waals surface area contributed by atoms with Gasteiger partial charge in [0.2, 0.25) is 15.9 Å². The van der Waals surface area contributed by atoms with Crippen LogP contribution in [0.15, 0.2) is 47.4 Å². The highest BCUT2D eigenvalue weighted by Crippen LogP contribution is 2.28. The van der Waals surface area contributed by atoms with Crippen LogP contribution in [0.2, 0.25) is 0 Å². The van der Waals surface area contributed by atoms with Gasteiger partial charge in [-0.15, -0.1) is 13.2 Å². The van der Waals surface area contributed by atoms with Gasteiger partial charge in [-0.3, -0.25) is 4.79 Å². The van der Waals surface area contributed by atoms with Gasteiger partial charge in [0, 0.05) is 37.7 Å². The average molecular weight is 551 g/mol. The summed E-state index contributed by atoms with van der Waals surface area (Å²) in [6.45, 7) is 4.10. The molecule has 204 valence electrons. The molecule has 0 atom stereocenters. The lowest BCUT2D eigenvalue weighted by atomic mass is 9.86. The first kappa shape index (κ1) is 28.6. The molecular formula is C24H27F5N2O5S. The molecule has 1 aliphatic heterocycles. The Hall–Kier alpha value is -2.93. The molecule has 1 heterocycles. The Balaban J connectivity index is 1.50. The van der Waals surface area contributed by atoms with Crippen LogP contribution in [0.4, 0.5) is 22.0 Å². The molecule has 1 saturated heterocycles. The Morgan fingerprint density at radius 3 is 2.08 bits per heavy atom. The number of ether oxygens (including phenoxy) is 2. The second kappa shape index (κ2) is 11.2. The maximum atomic E-state index is 13.3. The summed E-state index contributed by atoms with van der Waals surface area (Å²) in [5, 5.41) is 0. The van der Waals surface area contributed by atoms with E-state index in [1.807, 2.05) is 0 Å². The molecule has 7 nitrogen and oxygen atoms in total. The van der Waals surface area contributed by atoms with E-state index in [9.17, 15) is 35.2 Å². The molecule has 0 saturated carbocycles. The van der Waals surface area contributed by atoms with Crippen molar-refractivity contribution in [3.63, 3.8) is 0 Å². The lowest BCUT2D eigenvalue weighted by Gasteiger charge is -2.38. The summed E-state index contributed by atoms with van der Waals surface area (Å²) in [5.74, 6) is -2.49. The largest absolute Gasteiger partial charge is 0.573 e. The Morgan fingerprint density at radius 2 is 1.51 bits per heavy atom. The van der Waals surface area contributed by atoms with E-state index in [2.05, 4.69) is 4.74 Å². The second-order valence-electron chi connectivity index (χ2n) is 9.13. The van der Waals surface area contributed by atoms with E-state index in [4.69, 9.17) is 4.74 Å². The van der Waals surface area contributed by atoms with Crippen LogP contribution in [0.3, 0.4) is 0 Å². The average Bonchev–Trinajstić information content (AvgIpc) is 2.83. The SMILES string of the molecule is CC(C)(CCCOc1ccc(F)c(F)c1)C(=O)N1CCN(S(=O)(=O)c2ccc(OC(F)(F)F)cc2)CC1. The van der Waals surface area contributed by atoms with Crippen molar-refractivity contribution in [2.45, 2.75) is 37.9 Å². The van der Waals surface area contributed by atoms with Crippen LogP contribution < -0.4 is 9.47 Å². The second-order valence-corrected chi connectivity index (χ2v) is 11.1. The summed E-state index contributed by atoms with van der Waals surface area (Å²) < 4.78 is 99.4. The number of amides is 1. The van der Waals surface area contributed by atoms with Crippen molar-refractivity contribution in [1.29, 1.82) is 0 Å². The molecule has 0 radical (unpaired) electrons. The third-order valence-electron chi connectivity index (χ3n) is 5.91. The molecule has 0 spiro atoms. The fraction of sp³-hybridized carbons (Fsp3) is 0.458. The summed E-state index contributed by atoms with van der Waals surface area (Å²) in [6, 6.07) is 7.17. The van der Waals surface area contributed by atoms with E-state index in [0.29, 0.717) is 12.8 Å². The number of halogens is 5. The lowest BCUT2D eigenvalue weighted by Crippen LogP contribution is -2.53. The number of hydrogen-bond acceptors (Lipinski definition) is 5. The summed E-state index contributed by atoms with van der Waals surface area (Å²) in [7, 11) is -3.96. The van der Waals surface area contributed by atoms with Gasteiger partial charge in [-0.2, -0.15) is 4.31 Å². The molecule has 1 aliphatic rings. The zero-order valence-corrected chi connectivity index (χ0v) is 21.0. The minimum atomic E-state index is -4.88. The zero-order chi connectivity index (χ0) is 27.4. The molecule has 0 N–H and O–H groups in total. The normalized spacial score (nSPS) is 15.5. The molecule has 13 heteroatoms.